The fourth-order valence-corrected chi connectivity index (χ4v) is 8.41. The molecule has 0 aromatic carbocycles. The molecule has 0 radical (unpaired) electrons. The Morgan fingerprint density at radius 1 is 1.04 bits per heavy atom. The molecule has 1 heterocycles. The van der Waals surface area contributed by atoms with Gasteiger partial charge >= 0.3 is 0 Å². The minimum absolute atomic E-state index is 0.105. The smallest absolute Gasteiger partial charge is 0.133 e. The molecular formula is C21H32O3. The monoisotopic (exact) mass is 332 g/mol. The van der Waals surface area contributed by atoms with Crippen molar-refractivity contribution < 1.29 is 14.6 Å². The number of ketones is 1. The number of Topliss-reactive ketones (excluding diaryl/α,β-unsaturated/α-hetero) is 1. The molecule has 4 aliphatic carbocycles. The van der Waals surface area contributed by atoms with Gasteiger partial charge in [0.25, 0.3) is 0 Å². The van der Waals surface area contributed by atoms with Crippen LogP contribution in [0.15, 0.2) is 0 Å². The van der Waals surface area contributed by atoms with Crippen LogP contribution in [0.4, 0.5) is 0 Å². The number of aliphatic hydroxyl groups is 1. The van der Waals surface area contributed by atoms with Gasteiger partial charge in [0, 0.05) is 11.3 Å². The lowest BCUT2D eigenvalue weighted by Crippen LogP contribution is -2.56. The first kappa shape index (κ1) is 15.8. The highest BCUT2D eigenvalue weighted by molar-refractivity contribution is 5.79. The quantitative estimate of drug-likeness (QED) is 0.798. The van der Waals surface area contributed by atoms with Crippen molar-refractivity contribution in [1.82, 2.24) is 0 Å². The highest BCUT2D eigenvalue weighted by Crippen LogP contribution is 2.69. The van der Waals surface area contributed by atoms with E-state index in [2.05, 4.69) is 6.92 Å². The van der Waals surface area contributed by atoms with Crippen LogP contribution in [0.25, 0.3) is 0 Å². The topological polar surface area (TPSA) is 46.5 Å². The number of hydrogen-bond donors (Lipinski definition) is 1. The van der Waals surface area contributed by atoms with Crippen molar-refractivity contribution >= 4 is 5.78 Å². The van der Waals surface area contributed by atoms with Crippen LogP contribution in [0.2, 0.25) is 0 Å². The predicted octanol–water partition coefficient (Wildman–Crippen LogP) is 3.58. The van der Waals surface area contributed by atoms with E-state index in [0.717, 1.165) is 50.0 Å². The van der Waals surface area contributed by atoms with Gasteiger partial charge in [-0.3, -0.25) is 4.79 Å². The zero-order valence-corrected chi connectivity index (χ0v) is 15.2. The molecule has 24 heavy (non-hydrogen) atoms. The molecule has 3 nitrogen and oxygen atoms in total. The number of carbonyl (C=O) groups is 1. The Balaban J connectivity index is 1.49. The average Bonchev–Trinajstić information content (AvgIpc) is 3.02. The van der Waals surface area contributed by atoms with Gasteiger partial charge in [-0.15, -0.1) is 0 Å². The Kier molecular flexibility index (Phi) is 3.34. The number of carbonyl (C=O) groups excluding carboxylic acids is 1. The Hall–Kier alpha value is -0.410. The molecular weight excluding hydrogens is 300 g/mol. The normalized spacial score (nSPS) is 58.7. The summed E-state index contributed by atoms with van der Waals surface area (Å²) in [7, 11) is 0. The van der Waals surface area contributed by atoms with E-state index in [0.29, 0.717) is 29.1 Å². The Bertz CT molecular complexity index is 559. The molecule has 1 N–H and O–H groups in total. The van der Waals surface area contributed by atoms with Crippen LogP contribution in [0, 0.1) is 40.4 Å². The van der Waals surface area contributed by atoms with Gasteiger partial charge in [0.1, 0.15) is 5.78 Å². The summed E-state index contributed by atoms with van der Waals surface area (Å²) in [6.45, 7) is 5.18. The molecule has 1 unspecified atom stereocenters. The third-order valence-corrected chi connectivity index (χ3v) is 9.39. The largest absolute Gasteiger partial charge is 0.393 e. The molecule has 0 aromatic rings. The van der Waals surface area contributed by atoms with Crippen LogP contribution in [-0.4, -0.2) is 29.7 Å². The van der Waals surface area contributed by atoms with Gasteiger partial charge in [-0.25, -0.2) is 0 Å². The highest BCUT2D eigenvalue weighted by atomic mass is 16.5. The summed E-state index contributed by atoms with van der Waals surface area (Å²) in [4.78, 5) is 12.2. The number of rotatable bonds is 1. The van der Waals surface area contributed by atoms with Crippen molar-refractivity contribution in [2.45, 2.75) is 77.4 Å². The lowest BCUT2D eigenvalue weighted by atomic mass is 9.44. The number of ether oxygens (including phenoxy) is 1. The molecule has 1 aliphatic heterocycles. The molecule has 5 fully saturated rings. The van der Waals surface area contributed by atoms with Gasteiger partial charge in [-0.05, 0) is 87.4 Å². The third-order valence-electron chi connectivity index (χ3n) is 9.39. The van der Waals surface area contributed by atoms with Crippen LogP contribution in [-0.2, 0) is 9.53 Å². The first-order valence-electron chi connectivity index (χ1n) is 10.3. The molecule has 0 aromatic heterocycles. The van der Waals surface area contributed by atoms with E-state index in [1.165, 1.54) is 25.7 Å². The van der Waals surface area contributed by atoms with Crippen LogP contribution >= 0.6 is 0 Å². The molecule has 134 valence electrons. The van der Waals surface area contributed by atoms with E-state index in [1.54, 1.807) is 0 Å². The minimum atomic E-state index is -0.105. The van der Waals surface area contributed by atoms with E-state index in [9.17, 15) is 9.90 Å². The van der Waals surface area contributed by atoms with Gasteiger partial charge in [-0.1, -0.05) is 6.92 Å². The molecule has 9 atom stereocenters. The van der Waals surface area contributed by atoms with Gasteiger partial charge in [0.05, 0.1) is 18.8 Å². The molecule has 2 bridgehead atoms. The standard InChI is InChI=1S/C21H32O3/c1-12(22)15-3-4-16-14-10-19-18-9-13(23)5-8-21(18,11-24-19)17(14)6-7-20(15,16)2/h13-19,23H,3-11H2,1-2H3/t13-,14+,15-,16+,17+,18?,19-,20-,21+/m1/s1. The summed E-state index contributed by atoms with van der Waals surface area (Å²) in [5, 5.41) is 10.2. The van der Waals surface area contributed by atoms with Gasteiger partial charge in [0.15, 0.2) is 0 Å². The summed E-state index contributed by atoms with van der Waals surface area (Å²) in [5.74, 6) is 3.57. The van der Waals surface area contributed by atoms with Crippen LogP contribution in [0.3, 0.4) is 0 Å². The van der Waals surface area contributed by atoms with Crippen LogP contribution in [0.5, 0.6) is 0 Å². The summed E-state index contributed by atoms with van der Waals surface area (Å²) in [6.07, 6.45) is 9.42. The van der Waals surface area contributed by atoms with Gasteiger partial charge in [0.2, 0.25) is 0 Å². The molecule has 1 saturated heterocycles. The van der Waals surface area contributed by atoms with E-state index < -0.39 is 0 Å². The zero-order valence-electron chi connectivity index (χ0n) is 15.2. The maximum Gasteiger partial charge on any atom is 0.133 e. The molecule has 3 heteroatoms. The average molecular weight is 332 g/mol. The van der Waals surface area contributed by atoms with Crippen molar-refractivity contribution in [2.75, 3.05) is 6.61 Å². The maximum absolute atomic E-state index is 12.2. The summed E-state index contributed by atoms with van der Waals surface area (Å²) < 4.78 is 6.33. The van der Waals surface area contributed by atoms with Crippen molar-refractivity contribution in [3.63, 3.8) is 0 Å². The summed E-state index contributed by atoms with van der Waals surface area (Å²) in [5.41, 5.74) is 0.590. The highest BCUT2D eigenvalue weighted by Gasteiger charge is 2.66. The summed E-state index contributed by atoms with van der Waals surface area (Å²) in [6, 6.07) is 0. The predicted molar refractivity (Wildman–Crippen MR) is 91.4 cm³/mol. The van der Waals surface area contributed by atoms with Crippen molar-refractivity contribution in [2.24, 2.45) is 40.4 Å². The SMILES string of the molecule is CC(=O)[C@H]1CC[C@H]2[C@@H]3C[C@H]4OC[C@@]5(CC[C@@H](O)CC45)[C@H]3CC[C@]12C. The Labute approximate surface area is 145 Å². The van der Waals surface area contributed by atoms with Crippen LogP contribution in [0.1, 0.15) is 65.2 Å². The Morgan fingerprint density at radius 3 is 2.67 bits per heavy atom. The molecule has 0 spiro atoms. The summed E-state index contributed by atoms with van der Waals surface area (Å²) >= 11 is 0. The van der Waals surface area contributed by atoms with E-state index in [4.69, 9.17) is 4.74 Å². The number of fused-ring (bicyclic) bond motifs is 3. The van der Waals surface area contributed by atoms with E-state index in [1.807, 2.05) is 6.92 Å². The van der Waals surface area contributed by atoms with Gasteiger partial charge < -0.3 is 9.84 Å². The second-order valence-corrected chi connectivity index (χ2v) is 10.0. The van der Waals surface area contributed by atoms with E-state index in [-0.39, 0.29) is 11.5 Å². The van der Waals surface area contributed by atoms with Crippen molar-refractivity contribution in [3.8, 4) is 0 Å². The number of aliphatic hydroxyl groups excluding tert-OH is 1. The molecule has 5 rings (SSSR count). The lowest BCUT2D eigenvalue weighted by molar-refractivity contribution is -0.134. The zero-order chi connectivity index (χ0) is 16.7. The number of hydrogen-bond acceptors (Lipinski definition) is 3. The minimum Gasteiger partial charge on any atom is -0.393 e. The van der Waals surface area contributed by atoms with Gasteiger partial charge in [-0.2, -0.15) is 0 Å². The van der Waals surface area contributed by atoms with E-state index >= 15 is 0 Å². The molecule has 0 amide bonds. The maximum atomic E-state index is 12.2. The fraction of sp³-hybridized carbons (Fsp3) is 0.952. The van der Waals surface area contributed by atoms with Crippen molar-refractivity contribution in [1.29, 1.82) is 0 Å². The fourth-order valence-electron chi connectivity index (χ4n) is 8.41. The van der Waals surface area contributed by atoms with Crippen molar-refractivity contribution in [3.05, 3.63) is 0 Å². The second-order valence-electron chi connectivity index (χ2n) is 10.0. The molecule has 5 aliphatic rings. The third kappa shape index (κ3) is 1.84. The van der Waals surface area contributed by atoms with Crippen LogP contribution < -0.4 is 0 Å². The second kappa shape index (κ2) is 5.07. The lowest BCUT2D eigenvalue weighted by Gasteiger charge is -2.59. The molecule has 4 saturated carbocycles. The Morgan fingerprint density at radius 2 is 1.88 bits per heavy atom. The first-order chi connectivity index (χ1) is 11.5. The first-order valence-corrected chi connectivity index (χ1v) is 10.3.